The van der Waals surface area contributed by atoms with Gasteiger partial charge in [0.05, 0.1) is 11.6 Å². The molecule has 0 bridgehead atoms. The summed E-state index contributed by atoms with van der Waals surface area (Å²) >= 11 is 0. The summed E-state index contributed by atoms with van der Waals surface area (Å²) in [4.78, 5) is 4.49. The van der Waals surface area contributed by atoms with E-state index in [4.69, 9.17) is 4.74 Å². The van der Waals surface area contributed by atoms with Crippen molar-refractivity contribution in [1.82, 2.24) is 0 Å². The molecule has 1 atom stereocenters. The summed E-state index contributed by atoms with van der Waals surface area (Å²) in [5, 5.41) is 9.68. The Bertz CT molecular complexity index is 399. The molecule has 0 amide bonds. The molecular weight excluding hydrogens is 202 g/mol. The van der Waals surface area contributed by atoms with Gasteiger partial charge in [-0.2, -0.15) is 0 Å². The van der Waals surface area contributed by atoms with Crippen molar-refractivity contribution in [3.05, 3.63) is 29.8 Å². The van der Waals surface area contributed by atoms with Crippen LogP contribution in [0.3, 0.4) is 0 Å². The lowest BCUT2D eigenvalue weighted by molar-refractivity contribution is 0.300. The smallest absolute Gasteiger partial charge is 0.220 e. The Morgan fingerprint density at radius 3 is 2.88 bits per heavy atom. The van der Waals surface area contributed by atoms with Crippen LogP contribution in [0.4, 0.5) is 0 Å². The number of hydrogen-bond acceptors (Lipinski definition) is 3. The first-order chi connectivity index (χ1) is 7.66. The molecule has 3 nitrogen and oxygen atoms in total. The first-order valence-electron chi connectivity index (χ1n) is 5.66. The van der Waals surface area contributed by atoms with Gasteiger partial charge in [0.1, 0.15) is 12.4 Å². The number of ether oxygens (including phenoxy) is 1. The molecule has 3 heteroatoms. The SMILES string of the molecule is CC(C)C[C@H]1COC(c2ccccc2O)=N1. The van der Waals surface area contributed by atoms with Gasteiger partial charge in [-0.15, -0.1) is 0 Å². The van der Waals surface area contributed by atoms with Gasteiger partial charge in [-0.25, -0.2) is 4.99 Å². The van der Waals surface area contributed by atoms with Crippen molar-refractivity contribution in [2.75, 3.05) is 6.61 Å². The van der Waals surface area contributed by atoms with Crippen LogP contribution in [0.1, 0.15) is 25.8 Å². The standard InChI is InChI=1S/C13H17NO2/c1-9(2)7-10-8-16-13(14-10)11-5-3-4-6-12(11)15/h3-6,9-10,15H,7-8H2,1-2H3/t10-/m0/s1. The molecule has 1 aromatic carbocycles. The molecule has 1 aliphatic heterocycles. The maximum atomic E-state index is 9.68. The Hall–Kier alpha value is -1.51. The normalized spacial score (nSPS) is 19.7. The van der Waals surface area contributed by atoms with E-state index < -0.39 is 0 Å². The van der Waals surface area contributed by atoms with Gasteiger partial charge in [-0.05, 0) is 24.5 Å². The van der Waals surface area contributed by atoms with Gasteiger partial charge >= 0.3 is 0 Å². The number of nitrogens with zero attached hydrogens (tertiary/aromatic N) is 1. The summed E-state index contributed by atoms with van der Waals surface area (Å²) in [5.74, 6) is 1.41. The molecule has 1 aliphatic rings. The monoisotopic (exact) mass is 219 g/mol. The van der Waals surface area contributed by atoms with E-state index in [1.165, 1.54) is 0 Å². The first kappa shape index (κ1) is 11.0. The minimum Gasteiger partial charge on any atom is -0.507 e. The molecular formula is C13H17NO2. The van der Waals surface area contributed by atoms with E-state index in [0.717, 1.165) is 6.42 Å². The van der Waals surface area contributed by atoms with Crippen LogP contribution in [0.25, 0.3) is 0 Å². The maximum Gasteiger partial charge on any atom is 0.220 e. The summed E-state index contributed by atoms with van der Waals surface area (Å²) < 4.78 is 5.52. The molecule has 1 N–H and O–H groups in total. The lowest BCUT2D eigenvalue weighted by Gasteiger charge is -2.06. The number of benzene rings is 1. The van der Waals surface area contributed by atoms with Crippen molar-refractivity contribution in [2.24, 2.45) is 10.9 Å². The Morgan fingerprint density at radius 2 is 2.19 bits per heavy atom. The number of aromatic hydroxyl groups is 1. The van der Waals surface area contributed by atoms with Gasteiger partial charge in [0.15, 0.2) is 0 Å². The van der Waals surface area contributed by atoms with Gasteiger partial charge in [0.2, 0.25) is 5.90 Å². The molecule has 0 saturated carbocycles. The maximum absolute atomic E-state index is 9.68. The second-order valence-electron chi connectivity index (χ2n) is 4.55. The molecule has 1 aromatic rings. The highest BCUT2D eigenvalue weighted by Gasteiger charge is 2.22. The zero-order chi connectivity index (χ0) is 11.5. The predicted octanol–water partition coefficient (Wildman–Crippen LogP) is 2.58. The van der Waals surface area contributed by atoms with Crippen molar-refractivity contribution in [1.29, 1.82) is 0 Å². The highest BCUT2D eigenvalue weighted by Crippen LogP contribution is 2.22. The second-order valence-corrected chi connectivity index (χ2v) is 4.55. The van der Waals surface area contributed by atoms with E-state index >= 15 is 0 Å². The van der Waals surface area contributed by atoms with Gasteiger partial charge in [-0.3, -0.25) is 0 Å². The molecule has 1 heterocycles. The summed E-state index contributed by atoms with van der Waals surface area (Å²) in [6.07, 6.45) is 1.02. The topological polar surface area (TPSA) is 41.8 Å². The summed E-state index contributed by atoms with van der Waals surface area (Å²) in [7, 11) is 0. The van der Waals surface area contributed by atoms with Crippen molar-refractivity contribution in [3.63, 3.8) is 0 Å². The molecule has 0 aromatic heterocycles. The average Bonchev–Trinajstić information content (AvgIpc) is 2.66. The Labute approximate surface area is 95.8 Å². The fraction of sp³-hybridized carbons (Fsp3) is 0.462. The van der Waals surface area contributed by atoms with Gasteiger partial charge in [0, 0.05) is 0 Å². The van der Waals surface area contributed by atoms with Crippen molar-refractivity contribution >= 4 is 5.90 Å². The van der Waals surface area contributed by atoms with E-state index in [9.17, 15) is 5.11 Å². The van der Waals surface area contributed by atoms with Crippen LogP contribution in [-0.2, 0) is 4.74 Å². The van der Waals surface area contributed by atoms with E-state index in [-0.39, 0.29) is 11.8 Å². The summed E-state index contributed by atoms with van der Waals surface area (Å²) in [6, 6.07) is 7.37. The molecule has 0 saturated heterocycles. The molecule has 86 valence electrons. The summed E-state index contributed by atoms with van der Waals surface area (Å²) in [5.41, 5.74) is 0.689. The van der Waals surface area contributed by atoms with Crippen LogP contribution < -0.4 is 0 Å². The van der Waals surface area contributed by atoms with Gasteiger partial charge in [-0.1, -0.05) is 26.0 Å². The average molecular weight is 219 g/mol. The lowest BCUT2D eigenvalue weighted by Crippen LogP contribution is -2.09. The van der Waals surface area contributed by atoms with Crippen LogP contribution >= 0.6 is 0 Å². The number of rotatable bonds is 3. The summed E-state index contributed by atoms with van der Waals surface area (Å²) in [6.45, 7) is 4.98. The van der Waals surface area contributed by atoms with Gasteiger partial charge in [0.25, 0.3) is 0 Å². The van der Waals surface area contributed by atoms with Crippen LogP contribution in [0.15, 0.2) is 29.3 Å². The van der Waals surface area contributed by atoms with E-state index in [0.29, 0.717) is 24.0 Å². The third-order valence-corrected chi connectivity index (χ3v) is 2.59. The van der Waals surface area contributed by atoms with Crippen molar-refractivity contribution in [2.45, 2.75) is 26.3 Å². The molecule has 0 spiro atoms. The third kappa shape index (κ3) is 2.35. The zero-order valence-corrected chi connectivity index (χ0v) is 9.68. The lowest BCUT2D eigenvalue weighted by atomic mass is 10.1. The Morgan fingerprint density at radius 1 is 1.44 bits per heavy atom. The number of aliphatic imine (C=N–C) groups is 1. The fourth-order valence-corrected chi connectivity index (χ4v) is 1.88. The molecule has 0 aliphatic carbocycles. The molecule has 0 unspecified atom stereocenters. The van der Waals surface area contributed by atoms with Crippen molar-refractivity contribution < 1.29 is 9.84 Å². The number of phenols is 1. The molecule has 0 fully saturated rings. The number of para-hydroxylation sites is 1. The largest absolute Gasteiger partial charge is 0.507 e. The molecule has 16 heavy (non-hydrogen) atoms. The fourth-order valence-electron chi connectivity index (χ4n) is 1.88. The zero-order valence-electron chi connectivity index (χ0n) is 9.68. The van der Waals surface area contributed by atoms with E-state index in [1.54, 1.807) is 12.1 Å². The van der Waals surface area contributed by atoms with Crippen LogP contribution in [0.5, 0.6) is 5.75 Å². The van der Waals surface area contributed by atoms with E-state index in [2.05, 4.69) is 18.8 Å². The first-order valence-corrected chi connectivity index (χ1v) is 5.66. The number of hydrogen-bond donors (Lipinski definition) is 1. The Balaban J connectivity index is 2.15. The van der Waals surface area contributed by atoms with Gasteiger partial charge < -0.3 is 9.84 Å². The molecule has 0 radical (unpaired) electrons. The Kier molecular flexibility index (Phi) is 3.13. The second kappa shape index (κ2) is 4.56. The highest BCUT2D eigenvalue weighted by atomic mass is 16.5. The number of phenolic OH excluding ortho intramolecular Hbond substituents is 1. The molecule has 2 rings (SSSR count). The van der Waals surface area contributed by atoms with Crippen LogP contribution in [0.2, 0.25) is 0 Å². The third-order valence-electron chi connectivity index (χ3n) is 2.59. The van der Waals surface area contributed by atoms with Crippen LogP contribution in [0, 0.1) is 5.92 Å². The predicted molar refractivity (Wildman–Crippen MR) is 63.8 cm³/mol. The minimum atomic E-state index is 0.228. The highest BCUT2D eigenvalue weighted by molar-refractivity contribution is 5.97. The van der Waals surface area contributed by atoms with Crippen molar-refractivity contribution in [3.8, 4) is 5.75 Å². The van der Waals surface area contributed by atoms with E-state index in [1.807, 2.05) is 12.1 Å². The quantitative estimate of drug-likeness (QED) is 0.849. The van der Waals surface area contributed by atoms with Crippen LogP contribution in [-0.4, -0.2) is 23.7 Å². The minimum absolute atomic E-state index is 0.228.